The van der Waals surface area contributed by atoms with Gasteiger partial charge in [0.05, 0.1) is 25.4 Å². The SMILES string of the molecule is COc1ccc(CC(=O)Nc2ccc(N3CCc4sccc4C3)nc2)cc1. The zero-order valence-electron chi connectivity index (χ0n) is 15.1. The van der Waals surface area contributed by atoms with Gasteiger partial charge < -0.3 is 15.0 Å². The van der Waals surface area contributed by atoms with E-state index < -0.39 is 0 Å². The predicted molar refractivity (Wildman–Crippen MR) is 109 cm³/mol. The van der Waals surface area contributed by atoms with Crippen molar-refractivity contribution in [2.75, 3.05) is 23.9 Å². The molecule has 0 saturated carbocycles. The fraction of sp³-hybridized carbons (Fsp3) is 0.238. The number of carbonyl (C=O) groups is 1. The summed E-state index contributed by atoms with van der Waals surface area (Å²) in [4.78, 5) is 20.5. The van der Waals surface area contributed by atoms with Crippen LogP contribution in [-0.2, 0) is 24.2 Å². The van der Waals surface area contributed by atoms with E-state index in [4.69, 9.17) is 4.74 Å². The van der Waals surface area contributed by atoms with Gasteiger partial charge in [-0.2, -0.15) is 0 Å². The number of anilines is 2. The van der Waals surface area contributed by atoms with E-state index in [0.29, 0.717) is 12.1 Å². The molecule has 1 aromatic carbocycles. The minimum absolute atomic E-state index is 0.0596. The summed E-state index contributed by atoms with van der Waals surface area (Å²) in [6, 6.07) is 13.6. The number of methoxy groups -OCH3 is 1. The smallest absolute Gasteiger partial charge is 0.228 e. The summed E-state index contributed by atoms with van der Waals surface area (Å²) < 4.78 is 5.13. The lowest BCUT2D eigenvalue weighted by molar-refractivity contribution is -0.115. The fourth-order valence-electron chi connectivity index (χ4n) is 3.23. The third-order valence-corrected chi connectivity index (χ3v) is 5.71. The molecule has 0 radical (unpaired) electrons. The Morgan fingerprint density at radius 2 is 2.07 bits per heavy atom. The standard InChI is InChI=1S/C21H21N3O2S/c1-26-18-5-2-15(3-6-18)12-21(25)23-17-4-7-20(22-13-17)24-10-8-19-16(14-24)9-11-27-19/h2-7,9,11,13H,8,10,12,14H2,1H3,(H,23,25). The Kier molecular flexibility index (Phi) is 5.07. The normalized spacial score (nSPS) is 13.1. The van der Waals surface area contributed by atoms with Gasteiger partial charge in [0.15, 0.2) is 0 Å². The summed E-state index contributed by atoms with van der Waals surface area (Å²) in [5.41, 5.74) is 3.05. The maximum Gasteiger partial charge on any atom is 0.228 e. The molecule has 0 bridgehead atoms. The number of nitrogens with zero attached hydrogens (tertiary/aromatic N) is 2. The van der Waals surface area contributed by atoms with Crippen molar-refractivity contribution in [3.8, 4) is 5.75 Å². The first-order valence-electron chi connectivity index (χ1n) is 8.90. The molecule has 27 heavy (non-hydrogen) atoms. The van der Waals surface area contributed by atoms with Gasteiger partial charge in [0.1, 0.15) is 11.6 Å². The zero-order valence-corrected chi connectivity index (χ0v) is 16.0. The molecule has 0 spiro atoms. The molecule has 1 amide bonds. The molecule has 3 aromatic rings. The van der Waals surface area contributed by atoms with Crippen LogP contribution in [0.4, 0.5) is 11.5 Å². The lowest BCUT2D eigenvalue weighted by Crippen LogP contribution is -2.30. The van der Waals surface area contributed by atoms with Crippen molar-refractivity contribution in [1.82, 2.24) is 4.98 Å². The minimum atomic E-state index is -0.0596. The van der Waals surface area contributed by atoms with Crippen molar-refractivity contribution in [2.45, 2.75) is 19.4 Å². The van der Waals surface area contributed by atoms with Crippen molar-refractivity contribution in [3.63, 3.8) is 0 Å². The van der Waals surface area contributed by atoms with E-state index in [0.717, 1.165) is 36.6 Å². The summed E-state index contributed by atoms with van der Waals surface area (Å²) >= 11 is 1.83. The number of pyridine rings is 1. The average molecular weight is 379 g/mol. The van der Waals surface area contributed by atoms with E-state index >= 15 is 0 Å². The molecule has 4 rings (SSSR count). The van der Waals surface area contributed by atoms with E-state index in [1.165, 1.54) is 10.4 Å². The van der Waals surface area contributed by atoms with Crippen molar-refractivity contribution in [1.29, 1.82) is 0 Å². The summed E-state index contributed by atoms with van der Waals surface area (Å²) in [6.45, 7) is 1.87. The number of benzene rings is 1. The number of nitrogens with one attached hydrogen (secondary N) is 1. The van der Waals surface area contributed by atoms with Crippen molar-refractivity contribution >= 4 is 28.7 Å². The maximum atomic E-state index is 12.3. The highest BCUT2D eigenvalue weighted by Crippen LogP contribution is 2.27. The van der Waals surface area contributed by atoms with Crippen LogP contribution in [0.5, 0.6) is 5.75 Å². The Hall–Kier alpha value is -2.86. The predicted octanol–water partition coefficient (Wildman–Crippen LogP) is 3.90. The van der Waals surface area contributed by atoms with Gasteiger partial charge in [-0.05, 0) is 53.3 Å². The molecule has 0 saturated heterocycles. The molecule has 1 aliphatic rings. The van der Waals surface area contributed by atoms with E-state index in [9.17, 15) is 4.79 Å². The molecule has 2 aromatic heterocycles. The second kappa shape index (κ2) is 7.80. The largest absolute Gasteiger partial charge is 0.497 e. The molecule has 1 aliphatic heterocycles. The summed E-state index contributed by atoms with van der Waals surface area (Å²) in [5, 5.41) is 5.07. The van der Waals surface area contributed by atoms with E-state index in [-0.39, 0.29) is 5.91 Å². The Bertz CT molecular complexity index is 919. The summed E-state index contributed by atoms with van der Waals surface area (Å²) in [7, 11) is 1.63. The number of thiophene rings is 1. The molecular weight excluding hydrogens is 358 g/mol. The van der Waals surface area contributed by atoms with Crippen LogP contribution in [0.1, 0.15) is 16.0 Å². The molecule has 0 fully saturated rings. The molecule has 5 nitrogen and oxygen atoms in total. The Morgan fingerprint density at radius 1 is 1.22 bits per heavy atom. The van der Waals surface area contributed by atoms with Gasteiger partial charge in [0.2, 0.25) is 5.91 Å². The molecular formula is C21H21N3O2S. The van der Waals surface area contributed by atoms with Crippen LogP contribution in [0.25, 0.3) is 0 Å². The molecule has 1 N–H and O–H groups in total. The highest BCUT2D eigenvalue weighted by Gasteiger charge is 2.18. The summed E-state index contributed by atoms with van der Waals surface area (Å²) in [6.07, 6.45) is 3.11. The van der Waals surface area contributed by atoms with Gasteiger partial charge in [0.25, 0.3) is 0 Å². The Labute approximate surface area is 162 Å². The van der Waals surface area contributed by atoms with Crippen LogP contribution in [0, 0.1) is 0 Å². The maximum absolute atomic E-state index is 12.3. The Balaban J connectivity index is 1.35. The number of amides is 1. The van der Waals surface area contributed by atoms with Gasteiger partial charge in [-0.25, -0.2) is 4.98 Å². The van der Waals surface area contributed by atoms with Crippen LogP contribution in [0.2, 0.25) is 0 Å². The molecule has 138 valence electrons. The van der Waals surface area contributed by atoms with Crippen LogP contribution >= 0.6 is 11.3 Å². The second-order valence-electron chi connectivity index (χ2n) is 6.52. The van der Waals surface area contributed by atoms with Crippen LogP contribution in [0.3, 0.4) is 0 Å². The molecule has 0 atom stereocenters. The quantitative estimate of drug-likeness (QED) is 0.731. The molecule has 0 aliphatic carbocycles. The first-order valence-corrected chi connectivity index (χ1v) is 9.78. The average Bonchev–Trinajstić information content (AvgIpc) is 3.17. The molecule has 3 heterocycles. The van der Waals surface area contributed by atoms with E-state index in [2.05, 4.69) is 26.6 Å². The number of aromatic nitrogens is 1. The number of carbonyl (C=O) groups excluding carboxylic acids is 1. The van der Waals surface area contributed by atoms with Crippen LogP contribution in [-0.4, -0.2) is 24.5 Å². The monoisotopic (exact) mass is 379 g/mol. The lowest BCUT2D eigenvalue weighted by atomic mass is 10.1. The first kappa shape index (κ1) is 17.5. The number of rotatable bonds is 5. The summed E-state index contributed by atoms with van der Waals surface area (Å²) in [5.74, 6) is 1.67. The lowest BCUT2D eigenvalue weighted by Gasteiger charge is -2.28. The third-order valence-electron chi connectivity index (χ3n) is 4.69. The number of ether oxygens (including phenoxy) is 1. The van der Waals surface area contributed by atoms with Crippen molar-refractivity contribution < 1.29 is 9.53 Å². The second-order valence-corrected chi connectivity index (χ2v) is 7.52. The highest BCUT2D eigenvalue weighted by atomic mass is 32.1. The van der Waals surface area contributed by atoms with E-state index in [1.807, 2.05) is 47.7 Å². The van der Waals surface area contributed by atoms with Crippen molar-refractivity contribution in [2.24, 2.45) is 0 Å². The number of hydrogen-bond donors (Lipinski definition) is 1. The number of hydrogen-bond acceptors (Lipinski definition) is 5. The van der Waals surface area contributed by atoms with Gasteiger partial charge >= 0.3 is 0 Å². The van der Waals surface area contributed by atoms with Crippen molar-refractivity contribution in [3.05, 3.63) is 70.0 Å². The minimum Gasteiger partial charge on any atom is -0.497 e. The van der Waals surface area contributed by atoms with Crippen LogP contribution in [0.15, 0.2) is 54.0 Å². The van der Waals surface area contributed by atoms with Gasteiger partial charge in [-0.15, -0.1) is 11.3 Å². The highest BCUT2D eigenvalue weighted by molar-refractivity contribution is 7.10. The third kappa shape index (κ3) is 4.11. The van der Waals surface area contributed by atoms with E-state index in [1.54, 1.807) is 13.3 Å². The Morgan fingerprint density at radius 3 is 2.81 bits per heavy atom. The van der Waals surface area contributed by atoms with Gasteiger partial charge in [0, 0.05) is 18.0 Å². The number of fused-ring (bicyclic) bond motifs is 1. The molecule has 6 heteroatoms. The topological polar surface area (TPSA) is 54.5 Å². The van der Waals surface area contributed by atoms with Gasteiger partial charge in [-0.1, -0.05) is 12.1 Å². The van der Waals surface area contributed by atoms with Gasteiger partial charge in [-0.3, -0.25) is 4.79 Å². The van der Waals surface area contributed by atoms with Crippen LogP contribution < -0.4 is 15.0 Å². The zero-order chi connectivity index (χ0) is 18.6. The molecule has 0 unspecified atom stereocenters. The fourth-order valence-corrected chi connectivity index (χ4v) is 4.11. The first-order chi connectivity index (χ1) is 13.2.